The molecule has 1 aromatic carbocycles. The molecule has 3 N–H and O–H groups in total. The number of halogens is 1. The minimum atomic E-state index is -0.446. The van der Waals surface area contributed by atoms with Crippen molar-refractivity contribution in [2.24, 2.45) is 10.8 Å². The number of rotatable bonds is 5. The van der Waals surface area contributed by atoms with Crippen LogP contribution in [0.5, 0.6) is 5.75 Å². The van der Waals surface area contributed by atoms with Crippen molar-refractivity contribution >= 4 is 5.84 Å². The average Bonchev–Trinajstić information content (AvgIpc) is 2.35. The van der Waals surface area contributed by atoms with E-state index in [1.54, 1.807) is 19.2 Å². The van der Waals surface area contributed by atoms with Crippen molar-refractivity contribution in [3.8, 4) is 5.75 Å². The smallest absolute Gasteiger partial charge is 0.145 e. The zero-order valence-corrected chi connectivity index (χ0v) is 9.87. The second-order valence-corrected chi connectivity index (χ2v) is 3.21. The second-order valence-electron chi connectivity index (χ2n) is 3.21. The summed E-state index contributed by atoms with van der Waals surface area (Å²) in [6.45, 7) is 0.852. The largest absolute Gasteiger partial charge is 0.497 e. The average molecular weight is 241 g/mol. The third kappa shape index (κ3) is 3.69. The van der Waals surface area contributed by atoms with Gasteiger partial charge in [-0.2, -0.15) is 0 Å². The maximum Gasteiger partial charge on any atom is 0.145 e. The van der Waals surface area contributed by atoms with Crippen molar-refractivity contribution in [1.29, 1.82) is 0 Å². The first-order chi connectivity index (χ1) is 8.22. The van der Waals surface area contributed by atoms with E-state index in [-0.39, 0.29) is 5.84 Å². The molecule has 0 unspecified atom stereocenters. The zero-order valence-electron chi connectivity index (χ0n) is 9.87. The van der Waals surface area contributed by atoms with Crippen molar-refractivity contribution in [3.05, 3.63) is 29.6 Å². The Labute approximate surface area is 99.4 Å². The summed E-state index contributed by atoms with van der Waals surface area (Å²) in [6.07, 6.45) is 0. The number of nitrogens with two attached hydrogens (primary N) is 1. The van der Waals surface area contributed by atoms with Gasteiger partial charge in [-0.05, 0) is 12.1 Å². The Morgan fingerprint density at radius 3 is 2.76 bits per heavy atom. The lowest BCUT2D eigenvalue weighted by atomic mass is 10.2. The Bertz CT molecular complexity index is 396. The minimum absolute atomic E-state index is 0.280. The maximum absolute atomic E-state index is 13.7. The van der Waals surface area contributed by atoms with Crippen molar-refractivity contribution in [3.63, 3.8) is 0 Å². The Balaban J connectivity index is 2.92. The number of hydrazine groups is 1. The SMILES string of the molecule is COCCN=C(NN)c1ccc(OC)cc1F. The molecule has 6 heteroatoms. The maximum atomic E-state index is 13.7. The summed E-state index contributed by atoms with van der Waals surface area (Å²) in [5.74, 6) is 5.58. The van der Waals surface area contributed by atoms with Crippen LogP contribution in [0, 0.1) is 5.82 Å². The predicted octanol–water partition coefficient (Wildman–Crippen LogP) is 0.691. The topological polar surface area (TPSA) is 68.9 Å². The van der Waals surface area contributed by atoms with Crippen LogP contribution in [0.4, 0.5) is 4.39 Å². The number of benzene rings is 1. The molecular weight excluding hydrogens is 225 g/mol. The van der Waals surface area contributed by atoms with Crippen LogP contribution in [0.3, 0.4) is 0 Å². The Kier molecular flexibility index (Phi) is 5.38. The fourth-order valence-corrected chi connectivity index (χ4v) is 1.27. The lowest BCUT2D eigenvalue weighted by Gasteiger charge is -2.08. The summed E-state index contributed by atoms with van der Waals surface area (Å²) in [5, 5.41) is 0. The fraction of sp³-hybridized carbons (Fsp3) is 0.364. The molecule has 0 heterocycles. The molecule has 0 atom stereocenters. The van der Waals surface area contributed by atoms with Gasteiger partial charge in [-0.1, -0.05) is 0 Å². The molecule has 0 aromatic heterocycles. The molecule has 1 rings (SSSR count). The van der Waals surface area contributed by atoms with Gasteiger partial charge in [0.25, 0.3) is 0 Å². The van der Waals surface area contributed by atoms with E-state index in [1.165, 1.54) is 13.2 Å². The quantitative estimate of drug-likeness (QED) is 0.262. The Morgan fingerprint density at radius 1 is 1.47 bits per heavy atom. The normalized spacial score (nSPS) is 11.4. The molecule has 0 spiro atoms. The molecule has 0 radical (unpaired) electrons. The van der Waals surface area contributed by atoms with Gasteiger partial charge in [0.2, 0.25) is 0 Å². The summed E-state index contributed by atoms with van der Waals surface area (Å²) in [5.41, 5.74) is 2.66. The van der Waals surface area contributed by atoms with Crippen molar-refractivity contribution < 1.29 is 13.9 Å². The number of hydrogen-bond donors (Lipinski definition) is 2. The molecule has 0 saturated carbocycles. The van der Waals surface area contributed by atoms with Crippen LogP contribution in [0.2, 0.25) is 0 Å². The van der Waals surface area contributed by atoms with E-state index >= 15 is 0 Å². The highest BCUT2D eigenvalue weighted by Gasteiger charge is 2.09. The lowest BCUT2D eigenvalue weighted by Crippen LogP contribution is -2.32. The van der Waals surface area contributed by atoms with Gasteiger partial charge >= 0.3 is 0 Å². The molecule has 94 valence electrons. The van der Waals surface area contributed by atoms with E-state index in [1.807, 2.05) is 0 Å². The number of aliphatic imine (C=N–C) groups is 1. The van der Waals surface area contributed by atoms with E-state index in [2.05, 4.69) is 10.4 Å². The van der Waals surface area contributed by atoms with Crippen LogP contribution in [0.15, 0.2) is 23.2 Å². The van der Waals surface area contributed by atoms with E-state index in [0.717, 1.165) is 0 Å². The van der Waals surface area contributed by atoms with E-state index in [0.29, 0.717) is 24.5 Å². The molecule has 17 heavy (non-hydrogen) atoms. The Morgan fingerprint density at radius 2 is 2.24 bits per heavy atom. The highest BCUT2D eigenvalue weighted by atomic mass is 19.1. The summed E-state index contributed by atoms with van der Waals surface area (Å²) in [7, 11) is 3.04. The van der Waals surface area contributed by atoms with Crippen molar-refractivity contribution in [2.75, 3.05) is 27.4 Å². The van der Waals surface area contributed by atoms with Crippen molar-refractivity contribution in [2.45, 2.75) is 0 Å². The van der Waals surface area contributed by atoms with E-state index in [9.17, 15) is 4.39 Å². The predicted molar refractivity (Wildman–Crippen MR) is 63.6 cm³/mol. The van der Waals surface area contributed by atoms with Crippen LogP contribution in [-0.2, 0) is 4.74 Å². The van der Waals surface area contributed by atoms with Crippen LogP contribution < -0.4 is 16.0 Å². The third-order valence-electron chi connectivity index (χ3n) is 2.13. The monoisotopic (exact) mass is 241 g/mol. The number of ether oxygens (including phenoxy) is 2. The van der Waals surface area contributed by atoms with Crippen LogP contribution >= 0.6 is 0 Å². The van der Waals surface area contributed by atoms with Crippen molar-refractivity contribution in [1.82, 2.24) is 5.43 Å². The molecule has 0 aliphatic rings. The first-order valence-corrected chi connectivity index (χ1v) is 5.06. The highest BCUT2D eigenvalue weighted by Crippen LogP contribution is 2.16. The lowest BCUT2D eigenvalue weighted by molar-refractivity contribution is 0.208. The molecule has 0 saturated heterocycles. The van der Waals surface area contributed by atoms with Gasteiger partial charge in [-0.15, -0.1) is 0 Å². The molecule has 0 bridgehead atoms. The molecule has 0 amide bonds. The summed E-state index contributed by atoms with van der Waals surface area (Å²) in [6, 6.07) is 4.47. The van der Waals surface area contributed by atoms with Gasteiger partial charge in [0.15, 0.2) is 0 Å². The number of methoxy groups -OCH3 is 2. The fourth-order valence-electron chi connectivity index (χ4n) is 1.27. The van der Waals surface area contributed by atoms with Crippen LogP contribution in [-0.4, -0.2) is 33.2 Å². The zero-order chi connectivity index (χ0) is 12.7. The molecule has 0 fully saturated rings. The van der Waals surface area contributed by atoms with Gasteiger partial charge in [0.05, 0.1) is 25.8 Å². The second kappa shape index (κ2) is 6.82. The molecule has 1 aromatic rings. The summed E-state index contributed by atoms with van der Waals surface area (Å²) < 4.78 is 23.5. The van der Waals surface area contributed by atoms with Gasteiger partial charge < -0.3 is 14.9 Å². The molecule has 0 aliphatic carbocycles. The first-order valence-electron chi connectivity index (χ1n) is 5.06. The van der Waals surface area contributed by atoms with Gasteiger partial charge in [-0.25, -0.2) is 10.2 Å². The molecule has 5 nitrogen and oxygen atoms in total. The van der Waals surface area contributed by atoms with Crippen LogP contribution in [0.25, 0.3) is 0 Å². The summed E-state index contributed by atoms with van der Waals surface area (Å²) >= 11 is 0. The summed E-state index contributed by atoms with van der Waals surface area (Å²) in [4.78, 5) is 4.09. The number of nitrogens with one attached hydrogen (secondary N) is 1. The van der Waals surface area contributed by atoms with Gasteiger partial charge in [0, 0.05) is 13.2 Å². The first kappa shape index (κ1) is 13.4. The van der Waals surface area contributed by atoms with Gasteiger partial charge in [-0.3, -0.25) is 4.99 Å². The molecule has 0 aliphatic heterocycles. The number of nitrogens with zero attached hydrogens (tertiary/aromatic N) is 1. The molecular formula is C11H16FN3O2. The number of amidine groups is 1. The number of hydrogen-bond acceptors (Lipinski definition) is 4. The Hall–Kier alpha value is -1.66. The third-order valence-corrected chi connectivity index (χ3v) is 2.13. The van der Waals surface area contributed by atoms with Crippen LogP contribution in [0.1, 0.15) is 5.56 Å². The van der Waals surface area contributed by atoms with E-state index in [4.69, 9.17) is 15.3 Å². The highest BCUT2D eigenvalue weighted by molar-refractivity contribution is 5.98. The minimum Gasteiger partial charge on any atom is -0.497 e. The van der Waals surface area contributed by atoms with E-state index < -0.39 is 5.82 Å². The van der Waals surface area contributed by atoms with Gasteiger partial charge in [0.1, 0.15) is 17.4 Å². The standard InChI is InChI=1S/C11H16FN3O2/c1-16-6-5-14-11(15-13)9-4-3-8(17-2)7-10(9)12/h3-4,7H,5-6,13H2,1-2H3,(H,14,15).